The van der Waals surface area contributed by atoms with Gasteiger partial charge in [-0.15, -0.1) is 11.8 Å². The molecule has 0 saturated carbocycles. The summed E-state index contributed by atoms with van der Waals surface area (Å²) in [4.78, 5) is 1.26. The van der Waals surface area contributed by atoms with Crippen LogP contribution in [0.2, 0.25) is 0 Å². The van der Waals surface area contributed by atoms with Crippen LogP contribution in [0.15, 0.2) is 27.6 Å². The lowest BCUT2D eigenvalue weighted by Crippen LogP contribution is -2.17. The Morgan fingerprint density at radius 1 is 1.41 bits per heavy atom. The van der Waals surface area contributed by atoms with Gasteiger partial charge in [0.15, 0.2) is 0 Å². The number of rotatable bonds is 3. The van der Waals surface area contributed by atoms with Gasteiger partial charge in [0.1, 0.15) is 0 Å². The Bertz CT molecular complexity index is 376. The number of halogens is 1. The zero-order chi connectivity index (χ0) is 12.3. The van der Waals surface area contributed by atoms with Crippen LogP contribution in [0.4, 0.5) is 0 Å². The quantitative estimate of drug-likeness (QED) is 0.920. The Morgan fingerprint density at radius 3 is 2.71 bits per heavy atom. The van der Waals surface area contributed by atoms with Crippen LogP contribution in [0.5, 0.6) is 0 Å². The summed E-state index contributed by atoms with van der Waals surface area (Å²) in [7, 11) is 0. The molecule has 0 aromatic heterocycles. The lowest BCUT2D eigenvalue weighted by atomic mass is 10.1. The van der Waals surface area contributed by atoms with Crippen LogP contribution in [0, 0.1) is 0 Å². The molecular formula is C13H17BrO2S. The van der Waals surface area contributed by atoms with Gasteiger partial charge in [0.25, 0.3) is 0 Å². The van der Waals surface area contributed by atoms with Gasteiger partial charge < -0.3 is 9.84 Å². The molecule has 2 nitrogen and oxygen atoms in total. The van der Waals surface area contributed by atoms with Gasteiger partial charge in [-0.05, 0) is 37.5 Å². The molecule has 1 saturated heterocycles. The normalized spacial score (nSPS) is 19.2. The second-order valence-corrected chi connectivity index (χ2v) is 6.52. The smallest absolute Gasteiger partial charge is 0.0772 e. The predicted molar refractivity (Wildman–Crippen MR) is 74.5 cm³/mol. The van der Waals surface area contributed by atoms with Crippen molar-refractivity contribution in [3.63, 3.8) is 0 Å². The molecule has 4 heteroatoms. The lowest BCUT2D eigenvalue weighted by Gasteiger charge is -2.21. The first-order valence-electron chi connectivity index (χ1n) is 5.88. The third-order valence-corrected chi connectivity index (χ3v) is 4.91. The van der Waals surface area contributed by atoms with E-state index in [1.54, 1.807) is 6.92 Å². The van der Waals surface area contributed by atoms with Gasteiger partial charge in [-0.3, -0.25) is 0 Å². The fourth-order valence-corrected chi connectivity index (χ4v) is 3.91. The number of aliphatic hydroxyl groups is 1. The highest BCUT2D eigenvalue weighted by Crippen LogP contribution is 2.33. The van der Waals surface area contributed by atoms with E-state index in [4.69, 9.17) is 4.74 Å². The number of ether oxygens (including phenoxy) is 1. The van der Waals surface area contributed by atoms with E-state index >= 15 is 0 Å². The highest BCUT2D eigenvalue weighted by Gasteiger charge is 2.15. The molecule has 0 amide bonds. The molecule has 17 heavy (non-hydrogen) atoms. The summed E-state index contributed by atoms with van der Waals surface area (Å²) in [5.74, 6) is 0. The first-order valence-corrected chi connectivity index (χ1v) is 7.56. The fraction of sp³-hybridized carbons (Fsp3) is 0.538. The van der Waals surface area contributed by atoms with Crippen molar-refractivity contribution < 1.29 is 9.84 Å². The third kappa shape index (κ3) is 3.71. The van der Waals surface area contributed by atoms with Crippen LogP contribution in [0.3, 0.4) is 0 Å². The number of aliphatic hydroxyl groups excluding tert-OH is 1. The maximum atomic E-state index is 9.56. The van der Waals surface area contributed by atoms with Crippen LogP contribution in [0.1, 0.15) is 31.4 Å². The summed E-state index contributed by atoms with van der Waals surface area (Å²) in [6.45, 7) is 3.54. The molecule has 1 aromatic carbocycles. The molecule has 1 aromatic rings. The second-order valence-electron chi connectivity index (χ2n) is 4.29. The standard InChI is InChI=1S/C13H17BrO2S/c1-9(15)12-3-2-11(8-13(12)14)17-10-4-6-16-7-5-10/h2-3,8-10,15H,4-7H2,1H3/t9-/m1/s1. The van der Waals surface area contributed by atoms with Crippen LogP contribution in [-0.4, -0.2) is 23.6 Å². The molecule has 0 bridgehead atoms. The maximum absolute atomic E-state index is 9.56. The number of thioether (sulfide) groups is 1. The van der Waals surface area contributed by atoms with Crippen molar-refractivity contribution >= 4 is 27.7 Å². The molecule has 1 aliphatic rings. The molecule has 0 aliphatic carbocycles. The SMILES string of the molecule is C[C@@H](O)c1ccc(SC2CCOCC2)cc1Br. The Morgan fingerprint density at radius 2 is 2.12 bits per heavy atom. The fourth-order valence-electron chi connectivity index (χ4n) is 1.91. The summed E-state index contributed by atoms with van der Waals surface area (Å²) in [6.07, 6.45) is 1.83. The predicted octanol–water partition coefficient (Wildman–Crippen LogP) is 3.77. The van der Waals surface area contributed by atoms with E-state index in [1.165, 1.54) is 4.90 Å². The van der Waals surface area contributed by atoms with E-state index in [-0.39, 0.29) is 0 Å². The summed E-state index contributed by atoms with van der Waals surface area (Å²) >= 11 is 5.42. The average Bonchev–Trinajstić information content (AvgIpc) is 2.30. The molecule has 1 fully saturated rings. The van der Waals surface area contributed by atoms with Gasteiger partial charge in [-0.1, -0.05) is 22.0 Å². The zero-order valence-electron chi connectivity index (χ0n) is 9.86. The summed E-state index contributed by atoms with van der Waals surface area (Å²) in [6, 6.07) is 6.19. The zero-order valence-corrected chi connectivity index (χ0v) is 12.3. The topological polar surface area (TPSA) is 29.5 Å². The van der Waals surface area contributed by atoms with Crippen LogP contribution in [-0.2, 0) is 4.74 Å². The summed E-state index contributed by atoms with van der Waals surface area (Å²) < 4.78 is 6.35. The molecule has 0 radical (unpaired) electrons. The molecule has 1 atom stereocenters. The van der Waals surface area contributed by atoms with Crippen molar-refractivity contribution in [2.45, 2.75) is 36.0 Å². The highest BCUT2D eigenvalue weighted by atomic mass is 79.9. The third-order valence-electron chi connectivity index (χ3n) is 2.89. The lowest BCUT2D eigenvalue weighted by molar-refractivity contribution is 0.100. The highest BCUT2D eigenvalue weighted by molar-refractivity contribution is 9.10. The summed E-state index contributed by atoms with van der Waals surface area (Å²) in [5.41, 5.74) is 0.946. The van der Waals surface area contributed by atoms with E-state index in [1.807, 2.05) is 17.8 Å². The minimum absolute atomic E-state index is 0.425. The monoisotopic (exact) mass is 316 g/mol. The van der Waals surface area contributed by atoms with E-state index in [2.05, 4.69) is 28.1 Å². The first-order chi connectivity index (χ1) is 8.16. The van der Waals surface area contributed by atoms with Crippen molar-refractivity contribution in [1.82, 2.24) is 0 Å². The van der Waals surface area contributed by atoms with Crippen LogP contribution < -0.4 is 0 Å². The summed E-state index contributed by atoms with van der Waals surface area (Å²) in [5, 5.41) is 10.2. The van der Waals surface area contributed by atoms with E-state index in [9.17, 15) is 5.11 Å². The molecule has 1 aliphatic heterocycles. The molecule has 94 valence electrons. The number of hydrogen-bond acceptors (Lipinski definition) is 3. The van der Waals surface area contributed by atoms with E-state index in [0.29, 0.717) is 5.25 Å². The van der Waals surface area contributed by atoms with Crippen molar-refractivity contribution in [2.75, 3.05) is 13.2 Å². The van der Waals surface area contributed by atoms with E-state index < -0.39 is 6.10 Å². The molecule has 0 unspecified atom stereocenters. The average molecular weight is 317 g/mol. The van der Waals surface area contributed by atoms with Crippen molar-refractivity contribution in [3.8, 4) is 0 Å². The first kappa shape index (κ1) is 13.4. The Labute approximate surface area is 115 Å². The number of hydrogen-bond donors (Lipinski definition) is 1. The van der Waals surface area contributed by atoms with Crippen LogP contribution in [0.25, 0.3) is 0 Å². The molecule has 2 rings (SSSR count). The van der Waals surface area contributed by atoms with E-state index in [0.717, 1.165) is 36.1 Å². The van der Waals surface area contributed by atoms with Crippen LogP contribution >= 0.6 is 27.7 Å². The Hall–Kier alpha value is -0.0300. The second kappa shape index (κ2) is 6.23. The van der Waals surface area contributed by atoms with Gasteiger partial charge in [-0.2, -0.15) is 0 Å². The van der Waals surface area contributed by atoms with Gasteiger partial charge >= 0.3 is 0 Å². The van der Waals surface area contributed by atoms with Gasteiger partial charge in [0, 0.05) is 27.8 Å². The number of benzene rings is 1. The largest absolute Gasteiger partial charge is 0.389 e. The van der Waals surface area contributed by atoms with Gasteiger partial charge in [0.05, 0.1) is 6.10 Å². The van der Waals surface area contributed by atoms with Crippen molar-refractivity contribution in [1.29, 1.82) is 0 Å². The van der Waals surface area contributed by atoms with Gasteiger partial charge in [-0.25, -0.2) is 0 Å². The molecule has 0 spiro atoms. The van der Waals surface area contributed by atoms with Crippen molar-refractivity contribution in [2.24, 2.45) is 0 Å². The molecule has 1 heterocycles. The molecule has 1 N–H and O–H groups in total. The minimum Gasteiger partial charge on any atom is -0.389 e. The maximum Gasteiger partial charge on any atom is 0.0772 e. The minimum atomic E-state index is -0.425. The Kier molecular flexibility index (Phi) is 4.91. The molecular weight excluding hydrogens is 300 g/mol. The Balaban J connectivity index is 2.04. The van der Waals surface area contributed by atoms with Gasteiger partial charge in [0.2, 0.25) is 0 Å². The van der Waals surface area contributed by atoms with Crippen molar-refractivity contribution in [3.05, 3.63) is 28.2 Å².